The number of benzene rings is 8. The van der Waals surface area contributed by atoms with E-state index in [2.05, 4.69) is 6.07 Å². The van der Waals surface area contributed by atoms with Gasteiger partial charge in [-0.2, -0.15) is 0 Å². The van der Waals surface area contributed by atoms with E-state index in [1.807, 2.05) is 158 Å². The zero-order valence-corrected chi connectivity index (χ0v) is 30.2. The van der Waals surface area contributed by atoms with Crippen LogP contribution in [0.4, 0.5) is 0 Å². The Balaban J connectivity index is 1.21. The van der Waals surface area contributed by atoms with Crippen LogP contribution in [-0.2, 0) is 0 Å². The SMILES string of the molecule is [2H]c1c([2H])c(-c2cc(-c3ccccc3)cc(-c3ccccc3)c2)c2c(sc3c([2H])c(-c4nc(-c5ccccc5)nc(-c5ccc(-c6ccccc6)cc5)n4)c([2H])c([2H])c32)c1[2H]. The molecular formula is C51H33N3S. The van der Waals surface area contributed by atoms with Crippen molar-refractivity contribution in [1.82, 2.24) is 15.0 Å². The summed E-state index contributed by atoms with van der Waals surface area (Å²) in [7, 11) is 0. The van der Waals surface area contributed by atoms with Gasteiger partial charge >= 0.3 is 0 Å². The van der Waals surface area contributed by atoms with Crippen LogP contribution in [0.15, 0.2) is 200 Å². The van der Waals surface area contributed by atoms with Crippen molar-refractivity contribution in [3.05, 3.63) is 200 Å². The molecule has 0 radical (unpaired) electrons. The number of fused-ring (bicyclic) bond motifs is 3. The maximum atomic E-state index is 9.72. The molecule has 0 bridgehead atoms. The molecule has 2 heterocycles. The minimum absolute atomic E-state index is 0.0634. The summed E-state index contributed by atoms with van der Waals surface area (Å²) >= 11 is 1.13. The number of thiophene rings is 1. The zero-order valence-electron chi connectivity index (χ0n) is 35.3. The lowest BCUT2D eigenvalue weighted by atomic mass is 9.91. The Kier molecular flexibility index (Phi) is 6.84. The second-order valence-electron chi connectivity index (χ2n) is 13.2. The van der Waals surface area contributed by atoms with E-state index in [9.17, 15) is 5.48 Å². The maximum Gasteiger partial charge on any atom is 0.164 e. The van der Waals surface area contributed by atoms with Crippen LogP contribution in [0.1, 0.15) is 8.22 Å². The van der Waals surface area contributed by atoms with E-state index in [1.54, 1.807) is 0 Å². The van der Waals surface area contributed by atoms with Crippen molar-refractivity contribution in [3.8, 4) is 78.7 Å². The predicted octanol–water partition coefficient (Wildman–Crippen LogP) is 13.9. The smallest absolute Gasteiger partial charge is 0.164 e. The first-order chi connectivity index (χ1) is 29.7. The summed E-state index contributed by atoms with van der Waals surface area (Å²) in [5, 5.41) is 0.699. The van der Waals surface area contributed by atoms with E-state index in [1.165, 1.54) is 0 Å². The van der Waals surface area contributed by atoms with Gasteiger partial charge in [0.25, 0.3) is 0 Å². The summed E-state index contributed by atoms with van der Waals surface area (Å²) in [5.41, 5.74) is 8.35. The van der Waals surface area contributed by atoms with Crippen LogP contribution >= 0.6 is 11.3 Å². The summed E-state index contributed by atoms with van der Waals surface area (Å²) in [6.07, 6.45) is 0. The van der Waals surface area contributed by atoms with Crippen LogP contribution in [-0.4, -0.2) is 15.0 Å². The van der Waals surface area contributed by atoms with Crippen LogP contribution in [0.2, 0.25) is 0 Å². The van der Waals surface area contributed by atoms with E-state index in [0.717, 1.165) is 55.8 Å². The molecule has 0 aliphatic heterocycles. The summed E-state index contributed by atoms with van der Waals surface area (Å²) < 4.78 is 57.0. The lowest BCUT2D eigenvalue weighted by Crippen LogP contribution is -2.00. The van der Waals surface area contributed by atoms with Crippen molar-refractivity contribution in [2.24, 2.45) is 0 Å². The molecule has 0 spiro atoms. The summed E-state index contributed by atoms with van der Waals surface area (Å²) in [5.74, 6) is 0.789. The maximum absolute atomic E-state index is 9.72. The lowest BCUT2D eigenvalue weighted by Gasteiger charge is -2.12. The molecule has 0 unspecified atom stereocenters. The minimum atomic E-state index is -0.255. The minimum Gasteiger partial charge on any atom is -0.208 e. The molecule has 0 fully saturated rings. The molecule has 0 N–H and O–H groups in total. The first-order valence-corrected chi connectivity index (χ1v) is 18.8. The summed E-state index contributed by atoms with van der Waals surface area (Å²) in [6.45, 7) is 0. The third-order valence-corrected chi connectivity index (χ3v) is 10.7. The van der Waals surface area contributed by atoms with Gasteiger partial charge in [0, 0.05) is 36.9 Å². The largest absolute Gasteiger partial charge is 0.208 e. The second kappa shape index (κ2) is 14.1. The van der Waals surface area contributed by atoms with Crippen LogP contribution in [0.25, 0.3) is 98.8 Å². The van der Waals surface area contributed by atoms with Crippen molar-refractivity contribution in [2.45, 2.75) is 0 Å². The highest BCUT2D eigenvalue weighted by molar-refractivity contribution is 7.26. The molecule has 0 aliphatic rings. The zero-order chi connectivity index (χ0) is 41.8. The molecule has 258 valence electrons. The van der Waals surface area contributed by atoms with Crippen LogP contribution in [0.3, 0.4) is 0 Å². The lowest BCUT2D eigenvalue weighted by molar-refractivity contribution is 1.07. The van der Waals surface area contributed by atoms with Crippen molar-refractivity contribution in [3.63, 3.8) is 0 Å². The van der Waals surface area contributed by atoms with Crippen LogP contribution in [0.5, 0.6) is 0 Å². The Hall–Kier alpha value is -7.01. The average Bonchev–Trinajstić information content (AvgIpc) is 3.72. The number of rotatable bonds is 7. The van der Waals surface area contributed by atoms with Gasteiger partial charge in [-0.15, -0.1) is 11.3 Å². The average molecular weight is 726 g/mol. The fraction of sp³-hybridized carbons (Fsp3) is 0. The first-order valence-electron chi connectivity index (χ1n) is 20.9. The quantitative estimate of drug-likeness (QED) is 0.164. The molecule has 0 saturated heterocycles. The van der Waals surface area contributed by atoms with Gasteiger partial charge in [-0.25, -0.2) is 15.0 Å². The van der Waals surface area contributed by atoms with E-state index in [-0.39, 0.29) is 53.0 Å². The molecule has 4 heteroatoms. The highest BCUT2D eigenvalue weighted by atomic mass is 32.1. The summed E-state index contributed by atoms with van der Waals surface area (Å²) in [6, 6.07) is 52.2. The molecule has 0 aliphatic carbocycles. The van der Waals surface area contributed by atoms with Gasteiger partial charge in [0.15, 0.2) is 17.5 Å². The Labute approximate surface area is 332 Å². The predicted molar refractivity (Wildman–Crippen MR) is 231 cm³/mol. The Morgan fingerprint density at radius 3 is 1.36 bits per heavy atom. The molecule has 0 saturated carbocycles. The molecule has 55 heavy (non-hydrogen) atoms. The molecule has 8 aromatic carbocycles. The molecule has 2 aromatic heterocycles. The number of nitrogens with zero attached hydrogens (tertiary/aromatic N) is 3. The molecule has 0 amide bonds. The number of hydrogen-bond acceptors (Lipinski definition) is 4. The fourth-order valence-electron chi connectivity index (χ4n) is 6.92. The number of aromatic nitrogens is 3. The van der Waals surface area contributed by atoms with E-state index < -0.39 is 0 Å². The van der Waals surface area contributed by atoms with E-state index in [4.69, 9.17) is 17.7 Å². The van der Waals surface area contributed by atoms with Gasteiger partial charge in [0.1, 0.15) is 0 Å². The molecule has 10 rings (SSSR count). The van der Waals surface area contributed by atoms with Gasteiger partial charge in [0.05, 0.1) is 8.22 Å². The highest BCUT2D eigenvalue weighted by Gasteiger charge is 2.17. The Bertz CT molecular complexity index is 3230. The third-order valence-electron chi connectivity index (χ3n) is 9.65. The van der Waals surface area contributed by atoms with Crippen molar-refractivity contribution in [2.75, 3.05) is 0 Å². The normalized spacial score (nSPS) is 12.8. The standard InChI is InChI=1S/C51H33N3S/c1-5-14-34(15-6-1)37-24-26-39(27-25-37)50-52-49(38-20-11-4-12-21-38)53-51(54-50)40-28-29-45-47(33-40)55-46-23-13-22-44(48(45)46)43-31-41(35-16-7-2-8-17-35)30-42(32-43)36-18-9-3-10-19-36/h1-33H/i13D,22D,23D,28D,29D,33D. The molecule has 3 nitrogen and oxygen atoms in total. The van der Waals surface area contributed by atoms with Crippen molar-refractivity contribution in [1.29, 1.82) is 0 Å². The topological polar surface area (TPSA) is 38.7 Å². The Morgan fingerprint density at radius 2 is 0.800 bits per heavy atom. The van der Waals surface area contributed by atoms with Gasteiger partial charge in [-0.05, 0) is 74.8 Å². The third kappa shape index (κ3) is 6.39. The summed E-state index contributed by atoms with van der Waals surface area (Å²) in [4.78, 5) is 14.6. The molecular weight excluding hydrogens is 687 g/mol. The number of hydrogen-bond donors (Lipinski definition) is 0. The van der Waals surface area contributed by atoms with Gasteiger partial charge in [-0.1, -0.05) is 170 Å². The van der Waals surface area contributed by atoms with Gasteiger partial charge in [-0.3, -0.25) is 0 Å². The Morgan fingerprint density at radius 1 is 0.364 bits per heavy atom. The highest BCUT2D eigenvalue weighted by Crippen LogP contribution is 2.43. The van der Waals surface area contributed by atoms with Crippen molar-refractivity contribution >= 4 is 31.5 Å². The molecule has 0 atom stereocenters. The monoisotopic (exact) mass is 725 g/mol. The van der Waals surface area contributed by atoms with E-state index in [0.29, 0.717) is 37.6 Å². The van der Waals surface area contributed by atoms with Gasteiger partial charge < -0.3 is 0 Å². The van der Waals surface area contributed by atoms with Gasteiger partial charge in [0.2, 0.25) is 0 Å². The second-order valence-corrected chi connectivity index (χ2v) is 14.2. The van der Waals surface area contributed by atoms with Crippen LogP contribution < -0.4 is 0 Å². The first kappa shape index (κ1) is 26.7. The van der Waals surface area contributed by atoms with Crippen molar-refractivity contribution < 1.29 is 8.22 Å². The van der Waals surface area contributed by atoms with Crippen LogP contribution in [0, 0.1) is 0 Å². The fourth-order valence-corrected chi connectivity index (χ4v) is 7.94. The van der Waals surface area contributed by atoms with E-state index >= 15 is 0 Å². The molecule has 10 aromatic rings.